The van der Waals surface area contributed by atoms with Crippen LogP contribution in [0.15, 0.2) is 59.7 Å². The van der Waals surface area contributed by atoms with E-state index in [-0.39, 0.29) is 12.1 Å². The molecule has 2 amide bonds. The second kappa shape index (κ2) is 6.76. The number of amides is 2. The van der Waals surface area contributed by atoms with Gasteiger partial charge in [0.25, 0.3) is 0 Å². The van der Waals surface area contributed by atoms with Crippen molar-refractivity contribution < 1.29 is 18.0 Å². The lowest BCUT2D eigenvalue weighted by molar-refractivity contribution is -0.137. The number of hydrogen-bond donors (Lipinski definition) is 2. The first-order valence-electron chi connectivity index (χ1n) is 9.48. The van der Waals surface area contributed by atoms with Gasteiger partial charge in [-0.1, -0.05) is 30.3 Å². The lowest BCUT2D eigenvalue weighted by atomic mass is 10.0. The Kier molecular flexibility index (Phi) is 4.16. The number of alkyl halides is 3. The lowest BCUT2D eigenvalue weighted by Gasteiger charge is -2.24. The molecule has 5 rings (SSSR count). The van der Waals surface area contributed by atoms with Gasteiger partial charge in [-0.05, 0) is 34.9 Å². The fourth-order valence-electron chi connectivity index (χ4n) is 3.91. The number of halogens is 3. The maximum atomic E-state index is 12.8. The van der Waals surface area contributed by atoms with Gasteiger partial charge in [0.15, 0.2) is 0 Å². The topological polar surface area (TPSA) is 60.5 Å². The van der Waals surface area contributed by atoms with Gasteiger partial charge in [-0.25, -0.2) is 4.79 Å². The summed E-state index contributed by atoms with van der Waals surface area (Å²) in [6.07, 6.45) is -0.785. The van der Waals surface area contributed by atoms with Gasteiger partial charge in [-0.15, -0.1) is 0 Å². The molecule has 0 saturated carbocycles. The van der Waals surface area contributed by atoms with Gasteiger partial charge >= 0.3 is 12.2 Å². The number of aromatic amines is 1. The molecule has 152 valence electrons. The number of fused-ring (bicyclic) bond motifs is 1. The van der Waals surface area contributed by atoms with E-state index in [0.717, 1.165) is 41.2 Å². The van der Waals surface area contributed by atoms with Crippen LogP contribution in [0.4, 0.5) is 29.3 Å². The van der Waals surface area contributed by atoms with Gasteiger partial charge in [-0.3, -0.25) is 9.89 Å². The Morgan fingerprint density at radius 1 is 1.07 bits per heavy atom. The molecule has 8 heteroatoms. The molecule has 2 aromatic carbocycles. The normalized spacial score (nSPS) is 18.0. The molecule has 2 aliphatic heterocycles. The van der Waals surface area contributed by atoms with Crippen molar-refractivity contribution in [1.82, 2.24) is 10.3 Å². The molecule has 1 atom stereocenters. The van der Waals surface area contributed by atoms with Gasteiger partial charge in [0.05, 0.1) is 17.3 Å². The van der Waals surface area contributed by atoms with Crippen LogP contribution in [0.1, 0.15) is 22.7 Å². The zero-order chi connectivity index (χ0) is 20.9. The summed E-state index contributed by atoms with van der Waals surface area (Å²) in [6, 6.07) is 13.7. The largest absolute Gasteiger partial charge is 0.417 e. The van der Waals surface area contributed by atoms with Crippen molar-refractivity contribution >= 4 is 23.6 Å². The molecule has 0 spiro atoms. The number of rotatable bonds is 3. The molecule has 1 saturated heterocycles. The van der Waals surface area contributed by atoms with Crippen LogP contribution < -0.4 is 10.2 Å². The molecule has 0 aliphatic carbocycles. The van der Waals surface area contributed by atoms with Gasteiger partial charge in [0, 0.05) is 36.8 Å². The highest BCUT2D eigenvalue weighted by Crippen LogP contribution is 2.36. The number of nitrogens with one attached hydrogen (secondary N) is 2. The van der Waals surface area contributed by atoms with Crippen molar-refractivity contribution in [2.24, 2.45) is 4.99 Å². The summed E-state index contributed by atoms with van der Waals surface area (Å²) in [4.78, 5) is 21.2. The van der Waals surface area contributed by atoms with Crippen LogP contribution in [-0.4, -0.2) is 23.8 Å². The van der Waals surface area contributed by atoms with E-state index in [1.54, 1.807) is 17.0 Å². The number of hydrogen-bond acceptors (Lipinski definition) is 2. The SMILES string of the molecule is O=C1NCC(c2ccc(-c3cc(C(F)(F)F)c[nH]3)cc2)N1c1ccc2c(c1)N=CC2. The molecule has 3 aromatic rings. The number of aromatic nitrogens is 1. The van der Waals surface area contributed by atoms with Gasteiger partial charge in [0.1, 0.15) is 0 Å². The highest BCUT2D eigenvalue weighted by Gasteiger charge is 2.34. The lowest BCUT2D eigenvalue weighted by Crippen LogP contribution is -2.29. The van der Waals surface area contributed by atoms with Gasteiger partial charge < -0.3 is 10.3 Å². The quantitative estimate of drug-likeness (QED) is 0.610. The predicted molar refractivity (Wildman–Crippen MR) is 108 cm³/mol. The van der Waals surface area contributed by atoms with Crippen LogP contribution >= 0.6 is 0 Å². The van der Waals surface area contributed by atoms with Crippen molar-refractivity contribution in [1.29, 1.82) is 0 Å². The summed E-state index contributed by atoms with van der Waals surface area (Å²) in [7, 11) is 0. The molecule has 2 aliphatic rings. The zero-order valence-electron chi connectivity index (χ0n) is 15.7. The Labute approximate surface area is 170 Å². The first kappa shape index (κ1) is 18.5. The fourth-order valence-corrected chi connectivity index (χ4v) is 3.91. The molecule has 1 fully saturated rings. The highest BCUT2D eigenvalue weighted by molar-refractivity contribution is 5.96. The molecule has 0 bridgehead atoms. The second-order valence-electron chi connectivity index (χ2n) is 7.32. The molecule has 1 unspecified atom stereocenters. The molecule has 30 heavy (non-hydrogen) atoms. The van der Waals surface area contributed by atoms with Crippen LogP contribution in [0.25, 0.3) is 11.3 Å². The summed E-state index contributed by atoms with van der Waals surface area (Å²) >= 11 is 0. The van der Waals surface area contributed by atoms with Crippen molar-refractivity contribution in [3.8, 4) is 11.3 Å². The monoisotopic (exact) mass is 410 g/mol. The van der Waals surface area contributed by atoms with E-state index in [1.165, 1.54) is 0 Å². The Balaban J connectivity index is 1.42. The Bertz CT molecular complexity index is 1150. The van der Waals surface area contributed by atoms with Gasteiger partial charge in [-0.2, -0.15) is 13.2 Å². The summed E-state index contributed by atoms with van der Waals surface area (Å²) in [5.41, 5.74) is 3.97. The minimum atomic E-state index is -4.38. The third-order valence-corrected chi connectivity index (χ3v) is 5.48. The van der Waals surface area contributed by atoms with E-state index in [9.17, 15) is 18.0 Å². The third-order valence-electron chi connectivity index (χ3n) is 5.48. The summed E-state index contributed by atoms with van der Waals surface area (Å²) in [5.74, 6) is 0. The summed E-state index contributed by atoms with van der Waals surface area (Å²) in [6.45, 7) is 0.444. The fraction of sp³-hybridized carbons (Fsp3) is 0.182. The minimum absolute atomic E-state index is 0.190. The number of carbonyl (C=O) groups is 1. The number of urea groups is 1. The molecule has 5 nitrogen and oxygen atoms in total. The maximum Gasteiger partial charge on any atom is 0.417 e. The maximum absolute atomic E-state index is 12.8. The number of nitrogens with zero attached hydrogens (tertiary/aromatic N) is 2. The predicted octanol–water partition coefficient (Wildman–Crippen LogP) is 5.23. The van der Waals surface area contributed by atoms with Gasteiger partial charge in [0.2, 0.25) is 0 Å². The third kappa shape index (κ3) is 3.14. The van der Waals surface area contributed by atoms with E-state index in [2.05, 4.69) is 15.3 Å². The van der Waals surface area contributed by atoms with Crippen molar-refractivity contribution in [2.75, 3.05) is 11.4 Å². The average Bonchev–Trinajstić information content (AvgIpc) is 3.46. The zero-order valence-corrected chi connectivity index (χ0v) is 15.7. The second-order valence-corrected chi connectivity index (χ2v) is 7.32. The Morgan fingerprint density at radius 3 is 2.60 bits per heavy atom. The van der Waals surface area contributed by atoms with Crippen LogP contribution in [0, 0.1) is 0 Å². The molecule has 1 aromatic heterocycles. The minimum Gasteiger partial charge on any atom is -0.361 e. The number of H-pyrrole nitrogens is 1. The smallest absolute Gasteiger partial charge is 0.361 e. The molecule has 3 heterocycles. The number of aliphatic imine (C=N–C) groups is 1. The Hall–Kier alpha value is -3.55. The Morgan fingerprint density at radius 2 is 1.87 bits per heavy atom. The average molecular weight is 410 g/mol. The van der Waals surface area contributed by atoms with Crippen LogP contribution in [-0.2, 0) is 12.6 Å². The van der Waals surface area contributed by atoms with Crippen LogP contribution in [0.2, 0.25) is 0 Å². The van der Waals surface area contributed by atoms with Crippen molar-refractivity contribution in [2.45, 2.75) is 18.6 Å². The van der Waals surface area contributed by atoms with Crippen LogP contribution in [0.5, 0.6) is 0 Å². The van der Waals surface area contributed by atoms with E-state index < -0.39 is 11.7 Å². The van der Waals surface area contributed by atoms with Crippen molar-refractivity contribution in [3.63, 3.8) is 0 Å². The van der Waals surface area contributed by atoms with E-state index in [1.807, 2.05) is 36.5 Å². The highest BCUT2D eigenvalue weighted by atomic mass is 19.4. The summed E-state index contributed by atoms with van der Waals surface area (Å²) in [5, 5.41) is 2.87. The number of carbonyl (C=O) groups excluding carboxylic acids is 1. The standard InChI is InChI=1S/C22H17F3N4O/c23-22(24,25)16-9-18(27-11-16)13-1-3-15(4-2-13)20-12-28-21(30)29(20)17-6-5-14-7-8-26-19(14)10-17/h1-6,8-11,20,27H,7,12H2,(H,28,30). The number of benzene rings is 2. The molecule has 0 radical (unpaired) electrons. The van der Waals surface area contributed by atoms with Crippen molar-refractivity contribution in [3.05, 3.63) is 71.4 Å². The van der Waals surface area contributed by atoms with Crippen LogP contribution in [0.3, 0.4) is 0 Å². The summed E-state index contributed by atoms with van der Waals surface area (Å²) < 4.78 is 38.5. The molecule has 2 N–H and O–H groups in total. The van der Waals surface area contributed by atoms with E-state index >= 15 is 0 Å². The molecular weight excluding hydrogens is 393 g/mol. The van der Waals surface area contributed by atoms with E-state index in [4.69, 9.17) is 0 Å². The molecular formula is C22H17F3N4O. The first-order valence-corrected chi connectivity index (χ1v) is 9.48. The van der Waals surface area contributed by atoms with E-state index in [0.29, 0.717) is 17.8 Å². The number of anilines is 1. The first-order chi connectivity index (χ1) is 14.4.